The van der Waals surface area contributed by atoms with Crippen LogP contribution in [0.5, 0.6) is 0 Å². The van der Waals surface area contributed by atoms with Gasteiger partial charge in [-0.25, -0.2) is 4.79 Å². The summed E-state index contributed by atoms with van der Waals surface area (Å²) in [6.07, 6.45) is -0.690. The van der Waals surface area contributed by atoms with Gasteiger partial charge in [0.25, 0.3) is 0 Å². The van der Waals surface area contributed by atoms with Gasteiger partial charge >= 0.3 is 6.09 Å². The van der Waals surface area contributed by atoms with Crippen LogP contribution in [0.4, 0.5) is 4.79 Å². The lowest BCUT2D eigenvalue weighted by Crippen LogP contribution is -2.56. The van der Waals surface area contributed by atoms with Crippen LogP contribution >= 0.6 is 0 Å². The van der Waals surface area contributed by atoms with Crippen molar-refractivity contribution in [3.05, 3.63) is 77.6 Å². The van der Waals surface area contributed by atoms with Crippen molar-refractivity contribution in [3.8, 4) is 0 Å². The van der Waals surface area contributed by atoms with Gasteiger partial charge in [-0.3, -0.25) is 4.79 Å². The van der Waals surface area contributed by atoms with Crippen molar-refractivity contribution in [1.29, 1.82) is 0 Å². The molecule has 0 aliphatic rings. The van der Waals surface area contributed by atoms with Gasteiger partial charge < -0.3 is 20.1 Å². The molecule has 0 spiro atoms. The van der Waals surface area contributed by atoms with Crippen molar-refractivity contribution in [1.82, 2.24) is 30.8 Å². The first kappa shape index (κ1) is 27.8. The Morgan fingerprint density at radius 2 is 1.59 bits per heavy atom. The van der Waals surface area contributed by atoms with Gasteiger partial charge in [-0.05, 0) is 57.9 Å². The summed E-state index contributed by atoms with van der Waals surface area (Å²) < 4.78 is 11.2. The Kier molecular flexibility index (Phi) is 8.99. The number of hydrogen-bond acceptors (Lipinski definition) is 7. The molecule has 0 aliphatic heterocycles. The smallest absolute Gasteiger partial charge is 0.408 e. The summed E-state index contributed by atoms with van der Waals surface area (Å²) in [7, 11) is 0. The Bertz CT molecular complexity index is 1160. The second-order valence-electron chi connectivity index (χ2n) is 10.3. The zero-order chi connectivity index (χ0) is 27.1. The van der Waals surface area contributed by atoms with Gasteiger partial charge in [-0.1, -0.05) is 60.7 Å². The second kappa shape index (κ2) is 12.0. The molecule has 10 nitrogen and oxygen atoms in total. The molecule has 0 aliphatic carbocycles. The van der Waals surface area contributed by atoms with Crippen molar-refractivity contribution in [2.45, 2.75) is 71.4 Å². The SMILES string of the molecule is CC(c1ccccc1)n1nnc([C@@H](COCc2ccccc2)NC(=O)C(C)(C)NC(=O)OC(C)(C)C)n1. The minimum Gasteiger partial charge on any atom is -0.444 e. The number of nitrogens with zero attached hydrogens (tertiary/aromatic N) is 4. The van der Waals surface area contributed by atoms with Gasteiger partial charge in [0.2, 0.25) is 5.91 Å². The Balaban J connectivity index is 1.75. The molecule has 2 amide bonds. The first-order valence-electron chi connectivity index (χ1n) is 12.2. The van der Waals surface area contributed by atoms with Gasteiger partial charge in [0.15, 0.2) is 5.82 Å². The summed E-state index contributed by atoms with van der Waals surface area (Å²) in [5.74, 6) is -0.142. The average Bonchev–Trinajstić information content (AvgIpc) is 3.32. The summed E-state index contributed by atoms with van der Waals surface area (Å²) in [6.45, 7) is 10.9. The van der Waals surface area contributed by atoms with Gasteiger partial charge in [-0.15, -0.1) is 10.2 Å². The lowest BCUT2D eigenvalue weighted by atomic mass is 10.0. The molecule has 198 valence electrons. The molecule has 1 heterocycles. The number of tetrazole rings is 1. The summed E-state index contributed by atoms with van der Waals surface area (Å²) >= 11 is 0. The number of hydrogen-bond donors (Lipinski definition) is 2. The maximum atomic E-state index is 13.2. The molecular formula is C27H36N6O4. The number of carbonyl (C=O) groups excluding carboxylic acids is 2. The van der Waals surface area contributed by atoms with Gasteiger partial charge in [0.05, 0.1) is 19.3 Å². The predicted octanol–water partition coefficient (Wildman–Crippen LogP) is 3.96. The summed E-state index contributed by atoms with van der Waals surface area (Å²) in [5, 5.41) is 18.5. The molecule has 0 radical (unpaired) electrons. The van der Waals surface area contributed by atoms with E-state index in [2.05, 4.69) is 26.0 Å². The maximum absolute atomic E-state index is 13.2. The van der Waals surface area contributed by atoms with Crippen molar-refractivity contribution in [2.24, 2.45) is 0 Å². The Hall–Kier alpha value is -3.79. The molecular weight excluding hydrogens is 472 g/mol. The zero-order valence-electron chi connectivity index (χ0n) is 22.3. The molecule has 2 aromatic carbocycles. The van der Waals surface area contributed by atoms with E-state index in [1.54, 1.807) is 34.6 Å². The van der Waals surface area contributed by atoms with Crippen LogP contribution < -0.4 is 10.6 Å². The van der Waals surface area contributed by atoms with E-state index in [1.807, 2.05) is 67.6 Å². The van der Waals surface area contributed by atoms with E-state index < -0.39 is 29.2 Å². The highest BCUT2D eigenvalue weighted by molar-refractivity contribution is 5.89. The third-order valence-electron chi connectivity index (χ3n) is 5.47. The van der Waals surface area contributed by atoms with E-state index in [9.17, 15) is 9.59 Å². The van der Waals surface area contributed by atoms with Crippen LogP contribution in [0.3, 0.4) is 0 Å². The van der Waals surface area contributed by atoms with Crippen molar-refractivity contribution < 1.29 is 19.1 Å². The van der Waals surface area contributed by atoms with Crippen LogP contribution in [0.15, 0.2) is 60.7 Å². The van der Waals surface area contributed by atoms with E-state index in [4.69, 9.17) is 9.47 Å². The van der Waals surface area contributed by atoms with Gasteiger partial charge in [0, 0.05) is 0 Å². The molecule has 0 saturated carbocycles. The monoisotopic (exact) mass is 508 g/mol. The van der Waals surface area contributed by atoms with E-state index in [-0.39, 0.29) is 12.6 Å². The number of alkyl carbamates (subject to hydrolysis) is 1. The molecule has 0 fully saturated rings. The topological polar surface area (TPSA) is 120 Å². The number of benzene rings is 2. The molecule has 2 atom stereocenters. The third-order valence-corrected chi connectivity index (χ3v) is 5.47. The fourth-order valence-corrected chi connectivity index (χ4v) is 3.41. The van der Waals surface area contributed by atoms with Crippen LogP contribution in [-0.2, 0) is 20.9 Å². The van der Waals surface area contributed by atoms with E-state index in [0.717, 1.165) is 11.1 Å². The molecule has 1 unspecified atom stereocenters. The minimum atomic E-state index is -1.27. The molecule has 0 bridgehead atoms. The number of amides is 2. The standard InChI is InChI=1S/C27H36N6O4/c1-19(21-15-11-8-12-16-21)33-31-23(30-32-33)22(18-36-17-20-13-9-7-10-14-20)28-24(34)27(5,6)29-25(35)37-26(2,3)4/h7-16,19,22H,17-18H2,1-6H3,(H,28,34)(H,29,35)/t19?,22-/m1/s1. The normalized spacial score (nSPS) is 13.5. The highest BCUT2D eigenvalue weighted by Gasteiger charge is 2.34. The number of rotatable bonds is 10. The lowest BCUT2D eigenvalue weighted by Gasteiger charge is -2.29. The average molecular weight is 509 g/mol. The second-order valence-corrected chi connectivity index (χ2v) is 10.3. The van der Waals surface area contributed by atoms with Crippen LogP contribution in [0.25, 0.3) is 0 Å². The summed E-state index contributed by atoms with van der Waals surface area (Å²) in [5.41, 5.74) is 0.0548. The van der Waals surface area contributed by atoms with Crippen LogP contribution in [0.2, 0.25) is 0 Å². The van der Waals surface area contributed by atoms with Crippen molar-refractivity contribution in [3.63, 3.8) is 0 Å². The van der Waals surface area contributed by atoms with E-state index in [0.29, 0.717) is 12.4 Å². The number of carbonyl (C=O) groups is 2. The third kappa shape index (κ3) is 8.38. The van der Waals surface area contributed by atoms with Crippen LogP contribution in [-0.4, -0.2) is 50.0 Å². The quantitative estimate of drug-likeness (QED) is 0.425. The Morgan fingerprint density at radius 3 is 2.22 bits per heavy atom. The molecule has 3 rings (SSSR count). The van der Waals surface area contributed by atoms with Crippen molar-refractivity contribution >= 4 is 12.0 Å². The number of aromatic nitrogens is 4. The fourth-order valence-electron chi connectivity index (χ4n) is 3.41. The first-order chi connectivity index (χ1) is 17.4. The van der Waals surface area contributed by atoms with Crippen molar-refractivity contribution in [2.75, 3.05) is 6.61 Å². The lowest BCUT2D eigenvalue weighted by molar-refractivity contribution is -0.127. The number of nitrogens with one attached hydrogen (secondary N) is 2. The highest BCUT2D eigenvalue weighted by Crippen LogP contribution is 2.18. The highest BCUT2D eigenvalue weighted by atomic mass is 16.6. The van der Waals surface area contributed by atoms with Crippen LogP contribution in [0, 0.1) is 0 Å². The van der Waals surface area contributed by atoms with Gasteiger partial charge in [0.1, 0.15) is 17.2 Å². The van der Waals surface area contributed by atoms with Crippen LogP contribution in [0.1, 0.15) is 70.6 Å². The van der Waals surface area contributed by atoms with Gasteiger partial charge in [-0.2, -0.15) is 4.80 Å². The van der Waals surface area contributed by atoms with E-state index >= 15 is 0 Å². The predicted molar refractivity (Wildman–Crippen MR) is 139 cm³/mol. The molecule has 3 aromatic rings. The Morgan fingerprint density at radius 1 is 0.973 bits per heavy atom. The largest absolute Gasteiger partial charge is 0.444 e. The summed E-state index contributed by atoms with van der Waals surface area (Å²) in [6, 6.07) is 18.7. The number of ether oxygens (including phenoxy) is 2. The zero-order valence-corrected chi connectivity index (χ0v) is 22.3. The Labute approximate surface area is 217 Å². The molecule has 1 aromatic heterocycles. The molecule has 37 heavy (non-hydrogen) atoms. The molecule has 0 saturated heterocycles. The van der Waals surface area contributed by atoms with E-state index in [1.165, 1.54) is 4.80 Å². The first-order valence-corrected chi connectivity index (χ1v) is 12.2. The minimum absolute atomic E-state index is 0.106. The maximum Gasteiger partial charge on any atom is 0.408 e. The molecule has 2 N–H and O–H groups in total. The summed E-state index contributed by atoms with van der Waals surface area (Å²) in [4.78, 5) is 27.0. The fraction of sp³-hybridized carbons (Fsp3) is 0.444. The molecule has 10 heteroatoms.